The molecular weight excluding hydrogens is 297 g/mol. The summed E-state index contributed by atoms with van der Waals surface area (Å²) in [5.41, 5.74) is 2.06. The third-order valence-corrected chi connectivity index (χ3v) is 3.45. The van der Waals surface area contributed by atoms with Crippen LogP contribution in [0.25, 0.3) is 0 Å². The van der Waals surface area contributed by atoms with Crippen LogP contribution in [-0.4, -0.2) is 5.11 Å². The minimum absolute atomic E-state index is 0.207. The van der Waals surface area contributed by atoms with Crippen molar-refractivity contribution in [2.24, 2.45) is 0 Å². The molecule has 0 unspecified atom stereocenters. The Bertz CT molecular complexity index is 520. The number of anilines is 1. The first kappa shape index (κ1) is 12.9. The summed E-state index contributed by atoms with van der Waals surface area (Å²) in [7, 11) is 0. The summed E-state index contributed by atoms with van der Waals surface area (Å²) in [6, 6.07) is 10.3. The van der Waals surface area contributed by atoms with E-state index in [0.29, 0.717) is 16.6 Å². The van der Waals surface area contributed by atoms with E-state index < -0.39 is 0 Å². The highest BCUT2D eigenvalue weighted by Crippen LogP contribution is 2.28. The van der Waals surface area contributed by atoms with Gasteiger partial charge in [0.25, 0.3) is 0 Å². The van der Waals surface area contributed by atoms with Crippen molar-refractivity contribution in [1.82, 2.24) is 0 Å². The van der Waals surface area contributed by atoms with E-state index in [1.54, 1.807) is 19.1 Å². The van der Waals surface area contributed by atoms with E-state index in [4.69, 9.17) is 0 Å². The lowest BCUT2D eigenvalue weighted by atomic mass is 10.1. The molecule has 0 aliphatic heterocycles. The standard InChI is InChI=1S/C14H13BrFNO/c1-9-12(16)6-3-7-13(9)17-8-10-4-2-5-11(15)14(10)18/h2-7,17-18H,8H2,1H3. The molecule has 0 radical (unpaired) electrons. The van der Waals surface area contributed by atoms with Crippen LogP contribution in [0.5, 0.6) is 5.75 Å². The van der Waals surface area contributed by atoms with Gasteiger partial charge < -0.3 is 10.4 Å². The summed E-state index contributed by atoms with van der Waals surface area (Å²) in [6.07, 6.45) is 0. The lowest BCUT2D eigenvalue weighted by molar-refractivity contribution is 0.465. The molecule has 2 rings (SSSR count). The molecule has 0 spiro atoms. The summed E-state index contributed by atoms with van der Waals surface area (Å²) in [6.45, 7) is 2.16. The van der Waals surface area contributed by atoms with Crippen LogP contribution in [0, 0.1) is 12.7 Å². The van der Waals surface area contributed by atoms with E-state index in [0.717, 1.165) is 11.3 Å². The average Bonchev–Trinajstić information content (AvgIpc) is 2.36. The van der Waals surface area contributed by atoms with Gasteiger partial charge in [-0.15, -0.1) is 0 Å². The quantitative estimate of drug-likeness (QED) is 0.890. The van der Waals surface area contributed by atoms with Gasteiger partial charge in [-0.1, -0.05) is 18.2 Å². The molecule has 18 heavy (non-hydrogen) atoms. The van der Waals surface area contributed by atoms with Gasteiger partial charge in [0.1, 0.15) is 11.6 Å². The van der Waals surface area contributed by atoms with Crippen LogP contribution in [0.2, 0.25) is 0 Å². The van der Waals surface area contributed by atoms with Gasteiger partial charge in [0, 0.05) is 23.4 Å². The van der Waals surface area contributed by atoms with Gasteiger partial charge in [-0.25, -0.2) is 4.39 Å². The highest BCUT2D eigenvalue weighted by Gasteiger charge is 2.06. The molecule has 0 saturated heterocycles. The van der Waals surface area contributed by atoms with Crippen molar-refractivity contribution in [3.8, 4) is 5.75 Å². The van der Waals surface area contributed by atoms with Gasteiger partial charge in [-0.2, -0.15) is 0 Å². The number of halogens is 2. The van der Waals surface area contributed by atoms with E-state index in [1.807, 2.05) is 18.2 Å². The van der Waals surface area contributed by atoms with Crippen molar-refractivity contribution in [3.05, 3.63) is 57.8 Å². The first-order valence-corrected chi connectivity index (χ1v) is 6.34. The Kier molecular flexibility index (Phi) is 3.87. The molecule has 2 N–H and O–H groups in total. The van der Waals surface area contributed by atoms with Crippen LogP contribution in [0.3, 0.4) is 0 Å². The third-order valence-electron chi connectivity index (χ3n) is 2.81. The summed E-state index contributed by atoms with van der Waals surface area (Å²) in [5.74, 6) is -0.0301. The Morgan fingerprint density at radius 1 is 1.22 bits per heavy atom. The van der Waals surface area contributed by atoms with E-state index in [1.165, 1.54) is 6.07 Å². The molecule has 0 saturated carbocycles. The number of hydrogen-bond donors (Lipinski definition) is 2. The summed E-state index contributed by atoms with van der Waals surface area (Å²) >= 11 is 3.26. The van der Waals surface area contributed by atoms with Crippen molar-refractivity contribution in [2.75, 3.05) is 5.32 Å². The van der Waals surface area contributed by atoms with Crippen LogP contribution in [0.15, 0.2) is 40.9 Å². The van der Waals surface area contributed by atoms with Crippen molar-refractivity contribution >= 4 is 21.6 Å². The number of hydrogen-bond acceptors (Lipinski definition) is 2. The molecule has 0 fully saturated rings. The summed E-state index contributed by atoms with van der Waals surface area (Å²) < 4.78 is 14.0. The lowest BCUT2D eigenvalue weighted by Crippen LogP contribution is -2.02. The molecule has 0 amide bonds. The second kappa shape index (κ2) is 5.40. The molecule has 0 bridgehead atoms. The number of phenolic OH excluding ortho intramolecular Hbond substituents is 1. The van der Waals surface area contributed by atoms with Crippen LogP contribution in [0.4, 0.5) is 10.1 Å². The monoisotopic (exact) mass is 309 g/mol. The zero-order valence-electron chi connectivity index (χ0n) is 9.87. The first-order chi connectivity index (χ1) is 8.59. The van der Waals surface area contributed by atoms with Gasteiger partial charge in [0.05, 0.1) is 4.47 Å². The topological polar surface area (TPSA) is 32.3 Å². The highest BCUT2D eigenvalue weighted by atomic mass is 79.9. The molecule has 0 aromatic heterocycles. The van der Waals surface area contributed by atoms with Crippen molar-refractivity contribution in [1.29, 1.82) is 0 Å². The second-order valence-electron chi connectivity index (χ2n) is 4.01. The van der Waals surface area contributed by atoms with Crippen molar-refractivity contribution in [3.63, 3.8) is 0 Å². The molecule has 0 aliphatic rings. The van der Waals surface area contributed by atoms with Gasteiger partial charge in [0.2, 0.25) is 0 Å². The maximum absolute atomic E-state index is 13.4. The zero-order chi connectivity index (χ0) is 13.1. The number of aromatic hydroxyl groups is 1. The fourth-order valence-electron chi connectivity index (χ4n) is 1.69. The Morgan fingerprint density at radius 3 is 2.72 bits per heavy atom. The van der Waals surface area contributed by atoms with E-state index in [9.17, 15) is 9.50 Å². The number of para-hydroxylation sites is 1. The molecule has 4 heteroatoms. The van der Waals surface area contributed by atoms with E-state index in [-0.39, 0.29) is 11.6 Å². The summed E-state index contributed by atoms with van der Waals surface area (Å²) in [4.78, 5) is 0. The van der Waals surface area contributed by atoms with Crippen LogP contribution in [-0.2, 0) is 6.54 Å². The largest absolute Gasteiger partial charge is 0.506 e. The summed E-state index contributed by atoms with van der Waals surface area (Å²) in [5, 5.41) is 13.0. The van der Waals surface area contributed by atoms with Crippen molar-refractivity contribution in [2.45, 2.75) is 13.5 Å². The molecule has 2 nitrogen and oxygen atoms in total. The van der Waals surface area contributed by atoms with E-state index >= 15 is 0 Å². The minimum atomic E-state index is -0.238. The SMILES string of the molecule is Cc1c(F)cccc1NCc1cccc(Br)c1O. The Labute approximate surface area is 114 Å². The van der Waals surface area contributed by atoms with Crippen LogP contribution >= 0.6 is 15.9 Å². The van der Waals surface area contributed by atoms with Gasteiger partial charge in [-0.05, 0) is 41.1 Å². The fourth-order valence-corrected chi connectivity index (χ4v) is 2.10. The van der Waals surface area contributed by atoms with Crippen molar-refractivity contribution < 1.29 is 9.50 Å². The van der Waals surface area contributed by atoms with E-state index in [2.05, 4.69) is 21.2 Å². The molecule has 2 aromatic rings. The zero-order valence-corrected chi connectivity index (χ0v) is 11.5. The molecule has 0 atom stereocenters. The smallest absolute Gasteiger partial charge is 0.134 e. The Morgan fingerprint density at radius 2 is 1.94 bits per heavy atom. The predicted octanol–water partition coefficient (Wildman–Crippen LogP) is 4.21. The normalized spacial score (nSPS) is 10.4. The maximum atomic E-state index is 13.4. The van der Waals surface area contributed by atoms with Gasteiger partial charge >= 0.3 is 0 Å². The number of rotatable bonds is 3. The van der Waals surface area contributed by atoms with Crippen LogP contribution < -0.4 is 5.32 Å². The Balaban J connectivity index is 2.17. The van der Waals surface area contributed by atoms with Gasteiger partial charge in [-0.3, -0.25) is 0 Å². The Hall–Kier alpha value is -1.55. The number of nitrogens with one attached hydrogen (secondary N) is 1. The molecule has 94 valence electrons. The lowest BCUT2D eigenvalue weighted by Gasteiger charge is -2.11. The number of benzene rings is 2. The molecule has 2 aromatic carbocycles. The molecule has 0 aliphatic carbocycles. The number of phenols is 1. The second-order valence-corrected chi connectivity index (χ2v) is 4.87. The predicted molar refractivity (Wildman–Crippen MR) is 74.3 cm³/mol. The molecular formula is C14H13BrFNO. The minimum Gasteiger partial charge on any atom is -0.506 e. The fraction of sp³-hybridized carbons (Fsp3) is 0.143. The van der Waals surface area contributed by atoms with Crippen LogP contribution in [0.1, 0.15) is 11.1 Å². The average molecular weight is 310 g/mol. The molecule has 0 heterocycles. The third kappa shape index (κ3) is 2.64. The van der Waals surface area contributed by atoms with Gasteiger partial charge in [0.15, 0.2) is 0 Å². The first-order valence-electron chi connectivity index (χ1n) is 5.55. The maximum Gasteiger partial charge on any atom is 0.134 e. The highest BCUT2D eigenvalue weighted by molar-refractivity contribution is 9.10.